The van der Waals surface area contributed by atoms with E-state index in [0.29, 0.717) is 17.1 Å². The second-order valence-corrected chi connectivity index (χ2v) is 9.84. The largest absolute Gasteiger partial charge is 0.350 e. The van der Waals surface area contributed by atoms with Crippen molar-refractivity contribution in [2.45, 2.75) is 46.6 Å². The lowest BCUT2D eigenvalue weighted by atomic mass is 9.96. The first-order chi connectivity index (χ1) is 13.5. The summed E-state index contributed by atoms with van der Waals surface area (Å²) < 4.78 is 25.6. The minimum absolute atomic E-state index is 0.102. The number of rotatable bonds is 8. The van der Waals surface area contributed by atoms with Crippen LogP contribution in [0.1, 0.15) is 48.1 Å². The molecule has 0 aliphatic carbocycles. The van der Waals surface area contributed by atoms with Crippen LogP contribution in [0.4, 0.5) is 5.69 Å². The zero-order valence-electron chi connectivity index (χ0n) is 17.6. The van der Waals surface area contributed by atoms with Crippen LogP contribution in [-0.4, -0.2) is 27.1 Å². The van der Waals surface area contributed by atoms with E-state index in [4.69, 9.17) is 11.6 Å². The first-order valence-electron chi connectivity index (χ1n) is 9.59. The highest BCUT2D eigenvalue weighted by Crippen LogP contribution is 2.23. The van der Waals surface area contributed by atoms with Crippen LogP contribution in [0.3, 0.4) is 0 Å². The zero-order valence-corrected chi connectivity index (χ0v) is 19.2. The molecule has 0 aliphatic heterocycles. The summed E-state index contributed by atoms with van der Waals surface area (Å²) in [6.45, 7) is 8.35. The summed E-state index contributed by atoms with van der Waals surface area (Å²) >= 11 is 5.99. The first kappa shape index (κ1) is 23.2. The van der Waals surface area contributed by atoms with Gasteiger partial charge in [0, 0.05) is 18.0 Å². The lowest BCUT2D eigenvalue weighted by molar-refractivity contribution is -0.121. The minimum Gasteiger partial charge on any atom is -0.350 e. The molecule has 0 aliphatic rings. The molecule has 0 heterocycles. The van der Waals surface area contributed by atoms with E-state index in [2.05, 4.69) is 31.3 Å². The van der Waals surface area contributed by atoms with Gasteiger partial charge in [0.1, 0.15) is 0 Å². The van der Waals surface area contributed by atoms with Crippen molar-refractivity contribution in [1.82, 2.24) is 5.32 Å². The Morgan fingerprint density at radius 1 is 1.10 bits per heavy atom. The predicted molar refractivity (Wildman–Crippen MR) is 120 cm³/mol. The van der Waals surface area contributed by atoms with E-state index in [-0.39, 0.29) is 24.9 Å². The second-order valence-electron chi connectivity index (χ2n) is 7.50. The minimum atomic E-state index is -3.47. The smallest absolute Gasteiger partial charge is 0.232 e. The van der Waals surface area contributed by atoms with Crippen molar-refractivity contribution in [3.8, 4) is 0 Å². The van der Waals surface area contributed by atoms with Crippen molar-refractivity contribution in [3.63, 3.8) is 0 Å². The Kier molecular flexibility index (Phi) is 7.72. The number of amides is 1. The molecule has 158 valence electrons. The van der Waals surface area contributed by atoms with Gasteiger partial charge in [-0.15, -0.1) is 0 Å². The van der Waals surface area contributed by atoms with Crippen molar-refractivity contribution in [1.29, 1.82) is 0 Å². The Hall–Kier alpha value is -2.05. The highest BCUT2D eigenvalue weighted by Gasteiger charge is 2.18. The molecule has 0 saturated carbocycles. The number of hydrogen-bond donors (Lipinski definition) is 1. The van der Waals surface area contributed by atoms with Crippen molar-refractivity contribution in [2.24, 2.45) is 0 Å². The summed E-state index contributed by atoms with van der Waals surface area (Å²) in [5.74, 6) is -0.102. The average Bonchev–Trinajstić information content (AvgIpc) is 2.60. The van der Waals surface area contributed by atoms with E-state index in [1.54, 1.807) is 24.3 Å². The molecule has 1 atom stereocenters. The number of halogens is 1. The third-order valence-corrected chi connectivity index (χ3v) is 6.42. The molecule has 0 radical (unpaired) electrons. The highest BCUT2D eigenvalue weighted by molar-refractivity contribution is 7.92. The van der Waals surface area contributed by atoms with Crippen LogP contribution in [0.2, 0.25) is 5.02 Å². The van der Waals surface area contributed by atoms with Crippen LogP contribution in [0.25, 0.3) is 0 Å². The fraction of sp³-hybridized carbons (Fsp3) is 0.409. The molecule has 0 fully saturated rings. The number of benzene rings is 2. The summed E-state index contributed by atoms with van der Waals surface area (Å²) in [7, 11) is -3.47. The SMILES string of the molecule is Cc1cc(C)c(C(C)NC(=O)CCCN(c2cccc(Cl)c2)S(C)(=O)=O)cc1C. The van der Waals surface area contributed by atoms with Gasteiger partial charge in [0.15, 0.2) is 0 Å². The van der Waals surface area contributed by atoms with Gasteiger partial charge in [0.25, 0.3) is 0 Å². The van der Waals surface area contributed by atoms with Crippen molar-refractivity contribution in [2.75, 3.05) is 17.1 Å². The van der Waals surface area contributed by atoms with Gasteiger partial charge in [0.2, 0.25) is 15.9 Å². The van der Waals surface area contributed by atoms with Gasteiger partial charge < -0.3 is 5.32 Å². The molecule has 2 rings (SSSR count). The molecule has 0 aromatic heterocycles. The van der Waals surface area contributed by atoms with E-state index in [0.717, 1.165) is 17.4 Å². The van der Waals surface area contributed by atoms with Gasteiger partial charge in [-0.2, -0.15) is 0 Å². The lowest BCUT2D eigenvalue weighted by Gasteiger charge is -2.23. The summed E-state index contributed by atoms with van der Waals surface area (Å²) in [5, 5.41) is 3.48. The Labute approximate surface area is 179 Å². The third kappa shape index (κ3) is 6.47. The number of nitrogens with one attached hydrogen (secondary N) is 1. The van der Waals surface area contributed by atoms with E-state index >= 15 is 0 Å². The highest BCUT2D eigenvalue weighted by atomic mass is 35.5. The molecule has 29 heavy (non-hydrogen) atoms. The number of aryl methyl sites for hydroxylation is 3. The Balaban J connectivity index is 1.98. The normalized spacial score (nSPS) is 12.5. The van der Waals surface area contributed by atoms with Crippen LogP contribution in [0.15, 0.2) is 36.4 Å². The van der Waals surface area contributed by atoms with Crippen molar-refractivity contribution in [3.05, 3.63) is 63.7 Å². The molecule has 0 spiro atoms. The van der Waals surface area contributed by atoms with Gasteiger partial charge in [-0.25, -0.2) is 8.42 Å². The third-order valence-electron chi connectivity index (χ3n) is 4.99. The molecule has 5 nitrogen and oxygen atoms in total. The topological polar surface area (TPSA) is 66.5 Å². The summed E-state index contributed by atoms with van der Waals surface area (Å²) in [5.41, 5.74) is 5.16. The molecule has 1 N–H and O–H groups in total. The molecular weight excluding hydrogens is 408 g/mol. The van der Waals surface area contributed by atoms with Crippen LogP contribution in [0.5, 0.6) is 0 Å². The quantitative estimate of drug-likeness (QED) is 0.652. The molecule has 7 heteroatoms. The van der Waals surface area contributed by atoms with E-state index < -0.39 is 10.0 Å². The number of carbonyl (C=O) groups is 1. The molecule has 2 aromatic carbocycles. The average molecular weight is 437 g/mol. The monoisotopic (exact) mass is 436 g/mol. The van der Waals surface area contributed by atoms with Gasteiger partial charge in [-0.3, -0.25) is 9.10 Å². The van der Waals surface area contributed by atoms with Crippen molar-refractivity contribution < 1.29 is 13.2 Å². The maximum atomic E-state index is 12.4. The molecule has 0 bridgehead atoms. The van der Waals surface area contributed by atoms with E-state index in [9.17, 15) is 13.2 Å². The fourth-order valence-corrected chi connectivity index (χ4v) is 4.48. The van der Waals surface area contributed by atoms with Gasteiger partial charge in [-0.1, -0.05) is 29.8 Å². The van der Waals surface area contributed by atoms with E-state index in [1.165, 1.54) is 15.4 Å². The molecular formula is C22H29ClN2O3S. The number of hydrogen-bond acceptors (Lipinski definition) is 3. The van der Waals surface area contributed by atoms with Crippen LogP contribution in [0, 0.1) is 20.8 Å². The van der Waals surface area contributed by atoms with Crippen LogP contribution in [-0.2, 0) is 14.8 Å². The Morgan fingerprint density at radius 2 is 1.76 bits per heavy atom. The summed E-state index contributed by atoms with van der Waals surface area (Å²) in [4.78, 5) is 12.4. The molecule has 1 amide bonds. The van der Waals surface area contributed by atoms with Gasteiger partial charge in [-0.05, 0) is 74.6 Å². The summed E-state index contributed by atoms with van der Waals surface area (Å²) in [6, 6.07) is 10.8. The number of sulfonamides is 1. The Bertz CT molecular complexity index is 990. The molecule has 1 unspecified atom stereocenters. The predicted octanol–water partition coefficient (Wildman–Crippen LogP) is 4.69. The first-order valence-corrected chi connectivity index (χ1v) is 11.8. The lowest BCUT2D eigenvalue weighted by Crippen LogP contribution is -2.32. The maximum absolute atomic E-state index is 12.4. The number of nitrogens with zero attached hydrogens (tertiary/aromatic N) is 1. The standard InChI is InChI=1S/C22H29ClN2O3S/c1-15-12-17(3)21(13-16(15)2)18(4)24-22(26)10-7-11-25(29(5,27)28)20-9-6-8-19(23)14-20/h6,8-9,12-14,18H,7,10-11H2,1-5H3,(H,24,26). The van der Waals surface area contributed by atoms with Crippen LogP contribution >= 0.6 is 11.6 Å². The Morgan fingerprint density at radius 3 is 2.38 bits per heavy atom. The van der Waals surface area contributed by atoms with E-state index in [1.807, 2.05) is 13.8 Å². The number of carbonyl (C=O) groups excluding carboxylic acids is 1. The fourth-order valence-electron chi connectivity index (χ4n) is 3.34. The van der Waals surface area contributed by atoms with Crippen molar-refractivity contribution >= 4 is 33.2 Å². The van der Waals surface area contributed by atoms with Gasteiger partial charge in [0.05, 0.1) is 18.0 Å². The summed E-state index contributed by atoms with van der Waals surface area (Å²) in [6.07, 6.45) is 1.80. The maximum Gasteiger partial charge on any atom is 0.232 e. The molecule has 2 aromatic rings. The molecule has 0 saturated heterocycles. The van der Waals surface area contributed by atoms with Gasteiger partial charge >= 0.3 is 0 Å². The zero-order chi connectivity index (χ0) is 21.8. The van der Waals surface area contributed by atoms with Crippen LogP contribution < -0.4 is 9.62 Å². The number of anilines is 1. The second kappa shape index (κ2) is 9.63.